The molecule has 0 spiro atoms. The highest BCUT2D eigenvalue weighted by molar-refractivity contribution is 5.90. The van der Waals surface area contributed by atoms with Gasteiger partial charge in [0.15, 0.2) is 0 Å². The lowest BCUT2D eigenvalue weighted by Crippen LogP contribution is -2.50. The highest BCUT2D eigenvalue weighted by Gasteiger charge is 2.52. The highest BCUT2D eigenvalue weighted by atomic mass is 19.1. The van der Waals surface area contributed by atoms with E-state index < -0.39 is 47.7 Å². The fourth-order valence-electron chi connectivity index (χ4n) is 3.85. The van der Waals surface area contributed by atoms with Crippen LogP contribution in [0.15, 0.2) is 54.6 Å². The Kier molecular flexibility index (Phi) is 5.93. The molecule has 0 aliphatic carbocycles. The zero-order valence-corrected chi connectivity index (χ0v) is 15.4. The maximum Gasteiger partial charge on any atom is 0.326 e. The van der Waals surface area contributed by atoms with Crippen molar-refractivity contribution in [1.29, 1.82) is 0 Å². The van der Waals surface area contributed by atoms with Gasteiger partial charge in [0.25, 0.3) is 0 Å². The van der Waals surface area contributed by atoms with E-state index >= 15 is 0 Å². The van der Waals surface area contributed by atoms with Crippen LogP contribution in [-0.2, 0) is 20.8 Å². The fraction of sp³-hybridized carbons (Fsp3) is 0.286. The van der Waals surface area contributed by atoms with Crippen molar-refractivity contribution in [2.24, 2.45) is 11.7 Å². The summed E-state index contributed by atoms with van der Waals surface area (Å²) in [5.74, 6) is -5.34. The largest absolute Gasteiger partial charge is 0.481 e. The Bertz CT molecular complexity index is 920. The average molecular weight is 400 g/mol. The maximum atomic E-state index is 14.5. The molecule has 3 rings (SSSR count). The van der Waals surface area contributed by atoms with Crippen molar-refractivity contribution in [3.8, 4) is 0 Å². The van der Waals surface area contributed by atoms with E-state index in [0.29, 0.717) is 0 Å². The van der Waals surface area contributed by atoms with Gasteiger partial charge in [-0.05, 0) is 24.5 Å². The first-order chi connectivity index (χ1) is 13.8. The minimum Gasteiger partial charge on any atom is -0.481 e. The standard InChI is InChI=1S/C21H21FN2O5/c22-15-9-5-4-8-13(15)18-14(20(26)27)11-17(21(28)29)24(18)19(25)16(23)10-12-6-2-1-3-7-12/h1-9,14,16-18H,10-11,23H2,(H,26,27)(H,28,29). The first-order valence-corrected chi connectivity index (χ1v) is 9.13. The molecular formula is C21H21FN2O5. The number of amides is 1. The van der Waals surface area contributed by atoms with Gasteiger partial charge < -0.3 is 20.8 Å². The lowest BCUT2D eigenvalue weighted by Gasteiger charge is -2.32. The van der Waals surface area contributed by atoms with Crippen LogP contribution < -0.4 is 5.73 Å². The molecule has 1 amide bonds. The number of hydrogen-bond acceptors (Lipinski definition) is 4. The molecule has 7 nitrogen and oxygen atoms in total. The Morgan fingerprint density at radius 2 is 1.66 bits per heavy atom. The van der Waals surface area contributed by atoms with Gasteiger partial charge in [0.05, 0.1) is 18.0 Å². The maximum absolute atomic E-state index is 14.5. The van der Waals surface area contributed by atoms with Crippen LogP contribution in [0.4, 0.5) is 4.39 Å². The molecule has 0 saturated carbocycles. The van der Waals surface area contributed by atoms with E-state index in [9.17, 15) is 29.0 Å². The smallest absolute Gasteiger partial charge is 0.326 e. The van der Waals surface area contributed by atoms with Gasteiger partial charge in [-0.15, -0.1) is 0 Å². The summed E-state index contributed by atoms with van der Waals surface area (Å²) in [6, 6.07) is 10.6. The molecule has 4 unspecified atom stereocenters. The number of carbonyl (C=O) groups excluding carboxylic acids is 1. The minimum absolute atomic E-state index is 0.0380. The number of carboxylic acids is 2. The Labute approximate surface area is 166 Å². The molecule has 0 bridgehead atoms. The Hall–Kier alpha value is -3.26. The quantitative estimate of drug-likeness (QED) is 0.680. The summed E-state index contributed by atoms with van der Waals surface area (Å²) in [6.45, 7) is 0. The number of nitrogens with two attached hydrogens (primary N) is 1. The Morgan fingerprint density at radius 1 is 1.03 bits per heavy atom. The number of halogens is 1. The number of aliphatic carboxylic acids is 2. The van der Waals surface area contributed by atoms with Gasteiger partial charge in [0.2, 0.25) is 5.91 Å². The van der Waals surface area contributed by atoms with Crippen molar-refractivity contribution in [2.75, 3.05) is 0 Å². The van der Waals surface area contributed by atoms with E-state index in [4.69, 9.17) is 5.73 Å². The first-order valence-electron chi connectivity index (χ1n) is 9.13. The molecule has 1 heterocycles. The summed E-state index contributed by atoms with van der Waals surface area (Å²) in [5, 5.41) is 19.2. The van der Waals surface area contributed by atoms with Crippen LogP contribution >= 0.6 is 0 Å². The van der Waals surface area contributed by atoms with E-state index in [-0.39, 0.29) is 18.4 Å². The van der Waals surface area contributed by atoms with Gasteiger partial charge in [-0.25, -0.2) is 9.18 Å². The first kappa shape index (κ1) is 20.5. The van der Waals surface area contributed by atoms with Gasteiger partial charge >= 0.3 is 11.9 Å². The van der Waals surface area contributed by atoms with Crippen LogP contribution in [0.3, 0.4) is 0 Å². The number of benzene rings is 2. The van der Waals surface area contributed by atoms with E-state index in [1.807, 2.05) is 6.07 Å². The number of carbonyl (C=O) groups is 3. The molecule has 8 heteroatoms. The van der Waals surface area contributed by atoms with Crippen LogP contribution in [0, 0.1) is 11.7 Å². The van der Waals surface area contributed by atoms with Gasteiger partial charge in [-0.2, -0.15) is 0 Å². The second kappa shape index (κ2) is 8.40. The molecule has 0 radical (unpaired) electrons. The van der Waals surface area contributed by atoms with Crippen molar-refractivity contribution < 1.29 is 29.0 Å². The third-order valence-electron chi connectivity index (χ3n) is 5.19. The predicted molar refractivity (Wildman–Crippen MR) is 101 cm³/mol. The normalized spacial score (nSPS) is 22.3. The molecule has 2 aromatic rings. The molecule has 1 aliphatic heterocycles. The van der Waals surface area contributed by atoms with Gasteiger partial charge in [-0.1, -0.05) is 48.5 Å². The second-order valence-corrected chi connectivity index (χ2v) is 7.04. The van der Waals surface area contributed by atoms with Crippen LogP contribution in [0.1, 0.15) is 23.6 Å². The Morgan fingerprint density at radius 3 is 2.24 bits per heavy atom. The molecule has 152 valence electrons. The van der Waals surface area contributed by atoms with E-state index in [2.05, 4.69) is 0 Å². The van der Waals surface area contributed by atoms with Crippen molar-refractivity contribution in [1.82, 2.24) is 4.90 Å². The molecule has 4 atom stereocenters. The van der Waals surface area contributed by atoms with Crippen molar-refractivity contribution in [3.05, 3.63) is 71.5 Å². The molecule has 0 aromatic heterocycles. The number of likely N-dealkylation sites (tertiary alicyclic amines) is 1. The number of nitrogens with zero attached hydrogens (tertiary/aromatic N) is 1. The summed E-state index contributed by atoms with van der Waals surface area (Å²) in [4.78, 5) is 37.7. The molecular weight excluding hydrogens is 379 g/mol. The third kappa shape index (κ3) is 4.12. The monoisotopic (exact) mass is 400 g/mol. The third-order valence-corrected chi connectivity index (χ3v) is 5.19. The van der Waals surface area contributed by atoms with Crippen LogP contribution in [0.2, 0.25) is 0 Å². The summed E-state index contributed by atoms with van der Waals surface area (Å²) in [6.07, 6.45) is -0.183. The predicted octanol–water partition coefficient (Wildman–Crippen LogP) is 1.82. The van der Waals surface area contributed by atoms with Crippen LogP contribution in [0.25, 0.3) is 0 Å². The van der Waals surface area contributed by atoms with Gasteiger partial charge in [-0.3, -0.25) is 9.59 Å². The average Bonchev–Trinajstić information content (AvgIpc) is 3.09. The summed E-state index contributed by atoms with van der Waals surface area (Å²) in [7, 11) is 0. The number of carboxylic acid groups (broad SMARTS) is 2. The molecule has 1 fully saturated rings. The summed E-state index contributed by atoms with van der Waals surface area (Å²) in [5.41, 5.74) is 6.80. The molecule has 1 aliphatic rings. The van der Waals surface area contributed by atoms with E-state index in [1.54, 1.807) is 24.3 Å². The number of hydrogen-bond donors (Lipinski definition) is 3. The summed E-state index contributed by atoms with van der Waals surface area (Å²) < 4.78 is 14.5. The minimum atomic E-state index is -1.41. The van der Waals surface area contributed by atoms with Gasteiger partial charge in [0.1, 0.15) is 11.9 Å². The lowest BCUT2D eigenvalue weighted by molar-refractivity contribution is -0.151. The van der Waals surface area contributed by atoms with Crippen molar-refractivity contribution >= 4 is 17.8 Å². The number of rotatable bonds is 6. The van der Waals surface area contributed by atoms with Crippen LogP contribution in [0.5, 0.6) is 0 Å². The van der Waals surface area contributed by atoms with Crippen molar-refractivity contribution in [3.63, 3.8) is 0 Å². The molecule has 1 saturated heterocycles. The topological polar surface area (TPSA) is 121 Å². The van der Waals surface area contributed by atoms with Crippen LogP contribution in [-0.4, -0.2) is 45.0 Å². The SMILES string of the molecule is NC(Cc1ccccc1)C(=O)N1C(C(=O)O)CC(C(=O)O)C1c1ccccc1F. The van der Waals surface area contributed by atoms with E-state index in [0.717, 1.165) is 16.5 Å². The van der Waals surface area contributed by atoms with Gasteiger partial charge in [0, 0.05) is 5.56 Å². The second-order valence-electron chi connectivity index (χ2n) is 7.04. The summed E-state index contributed by atoms with van der Waals surface area (Å²) >= 11 is 0. The highest BCUT2D eigenvalue weighted by Crippen LogP contribution is 2.42. The molecule has 2 aromatic carbocycles. The Balaban J connectivity index is 2.00. The zero-order valence-electron chi connectivity index (χ0n) is 15.4. The zero-order chi connectivity index (χ0) is 21.1. The molecule has 4 N–H and O–H groups in total. The fourth-order valence-corrected chi connectivity index (χ4v) is 3.85. The molecule has 29 heavy (non-hydrogen) atoms. The van der Waals surface area contributed by atoms with E-state index in [1.165, 1.54) is 18.2 Å². The lowest BCUT2D eigenvalue weighted by atomic mass is 9.92. The van der Waals surface area contributed by atoms with Crippen molar-refractivity contribution in [2.45, 2.75) is 31.0 Å².